The van der Waals surface area contributed by atoms with Crippen molar-refractivity contribution in [2.75, 3.05) is 5.73 Å². The van der Waals surface area contributed by atoms with Crippen LogP contribution in [0.2, 0.25) is 5.02 Å². The summed E-state index contributed by atoms with van der Waals surface area (Å²) in [6.07, 6.45) is 2.41. The Kier molecular flexibility index (Phi) is 2.33. The van der Waals surface area contributed by atoms with Gasteiger partial charge in [0.25, 0.3) is 0 Å². The average molecular weight is 249 g/mol. The van der Waals surface area contributed by atoms with Gasteiger partial charge in [-0.1, -0.05) is 11.6 Å². The number of anilines is 1. The lowest BCUT2D eigenvalue weighted by atomic mass is 10.2. The third-order valence-corrected chi connectivity index (χ3v) is 3.36. The minimum atomic E-state index is 0.552. The van der Waals surface area contributed by atoms with E-state index in [1.165, 1.54) is 12.8 Å². The Bertz CT molecular complexity index is 572. The van der Waals surface area contributed by atoms with Crippen molar-refractivity contribution < 1.29 is 0 Å². The number of nitrogens with two attached hydrogens (primary N) is 1. The van der Waals surface area contributed by atoms with Crippen molar-refractivity contribution in [3.63, 3.8) is 0 Å². The van der Waals surface area contributed by atoms with Crippen LogP contribution >= 0.6 is 11.6 Å². The minimum Gasteiger partial charge on any atom is -0.398 e. The number of hydrogen-bond acceptors (Lipinski definition) is 3. The molecule has 0 saturated heterocycles. The molecule has 17 heavy (non-hydrogen) atoms. The van der Waals surface area contributed by atoms with E-state index in [0.717, 1.165) is 17.2 Å². The Labute approximate surface area is 104 Å². The third kappa shape index (κ3) is 1.78. The van der Waals surface area contributed by atoms with Crippen LogP contribution in [0.1, 0.15) is 24.7 Å². The first kappa shape index (κ1) is 10.6. The summed E-state index contributed by atoms with van der Waals surface area (Å²) in [4.78, 5) is 0. The van der Waals surface area contributed by atoms with E-state index in [-0.39, 0.29) is 0 Å². The number of hydrogen-bond donors (Lipinski definition) is 1. The van der Waals surface area contributed by atoms with Crippen LogP contribution in [0.25, 0.3) is 11.4 Å². The largest absolute Gasteiger partial charge is 0.398 e. The van der Waals surface area contributed by atoms with Crippen LogP contribution in [0.15, 0.2) is 18.2 Å². The molecule has 0 bridgehead atoms. The van der Waals surface area contributed by atoms with Crippen molar-refractivity contribution in [2.24, 2.45) is 0 Å². The second-order valence-corrected chi connectivity index (χ2v) is 4.82. The molecule has 1 fully saturated rings. The van der Waals surface area contributed by atoms with Crippen molar-refractivity contribution in [2.45, 2.75) is 25.8 Å². The second-order valence-electron chi connectivity index (χ2n) is 4.41. The summed E-state index contributed by atoms with van der Waals surface area (Å²) in [5, 5.41) is 8.94. The van der Waals surface area contributed by atoms with Crippen LogP contribution in [0.4, 0.5) is 5.69 Å². The number of nitrogens with zero attached hydrogens (tertiary/aromatic N) is 3. The van der Waals surface area contributed by atoms with Gasteiger partial charge in [0.15, 0.2) is 5.82 Å². The zero-order valence-electron chi connectivity index (χ0n) is 9.52. The summed E-state index contributed by atoms with van der Waals surface area (Å²) in [6, 6.07) is 6.14. The fourth-order valence-electron chi connectivity index (χ4n) is 2.00. The first-order valence-electron chi connectivity index (χ1n) is 5.63. The van der Waals surface area contributed by atoms with Crippen molar-refractivity contribution in [3.8, 4) is 11.4 Å². The molecule has 1 aliphatic carbocycles. The standard InChI is InChI=1S/C12H13ClN4/c1-7-15-16-12(17(7)9-3-4-9)8-2-5-11(14)10(13)6-8/h2,5-6,9H,3-4,14H2,1H3. The van der Waals surface area contributed by atoms with E-state index in [1.807, 2.05) is 19.1 Å². The van der Waals surface area contributed by atoms with E-state index in [0.29, 0.717) is 16.8 Å². The number of nitrogen functional groups attached to an aromatic ring is 1. The monoisotopic (exact) mass is 248 g/mol. The van der Waals surface area contributed by atoms with Gasteiger partial charge in [0, 0.05) is 11.6 Å². The maximum atomic E-state index is 6.04. The fourth-order valence-corrected chi connectivity index (χ4v) is 2.18. The second kappa shape index (κ2) is 3.74. The minimum absolute atomic E-state index is 0.552. The summed E-state index contributed by atoms with van der Waals surface area (Å²) >= 11 is 6.04. The number of rotatable bonds is 2. The van der Waals surface area contributed by atoms with Gasteiger partial charge >= 0.3 is 0 Å². The van der Waals surface area contributed by atoms with E-state index in [1.54, 1.807) is 6.07 Å². The summed E-state index contributed by atoms with van der Waals surface area (Å²) < 4.78 is 2.18. The Balaban J connectivity index is 2.11. The molecule has 1 heterocycles. The normalized spacial score (nSPS) is 15.2. The molecule has 1 aromatic heterocycles. The Morgan fingerprint density at radius 3 is 2.76 bits per heavy atom. The van der Waals surface area contributed by atoms with Crippen LogP contribution in [-0.4, -0.2) is 14.8 Å². The van der Waals surface area contributed by atoms with Crippen LogP contribution in [0.5, 0.6) is 0 Å². The molecule has 0 atom stereocenters. The van der Waals surface area contributed by atoms with E-state index in [9.17, 15) is 0 Å². The molecule has 88 valence electrons. The first-order valence-corrected chi connectivity index (χ1v) is 6.01. The lowest BCUT2D eigenvalue weighted by molar-refractivity contribution is 0.717. The number of halogens is 1. The lowest BCUT2D eigenvalue weighted by Crippen LogP contribution is -2.00. The zero-order valence-corrected chi connectivity index (χ0v) is 10.3. The van der Waals surface area contributed by atoms with Gasteiger partial charge in [0.1, 0.15) is 5.82 Å². The highest BCUT2D eigenvalue weighted by Crippen LogP contribution is 2.39. The Morgan fingerprint density at radius 1 is 1.35 bits per heavy atom. The Hall–Kier alpha value is -1.55. The molecule has 3 rings (SSSR count). The van der Waals surface area contributed by atoms with Crippen molar-refractivity contribution in [3.05, 3.63) is 29.0 Å². The van der Waals surface area contributed by atoms with Gasteiger partial charge in [0.05, 0.1) is 10.7 Å². The third-order valence-electron chi connectivity index (χ3n) is 3.04. The van der Waals surface area contributed by atoms with Crippen molar-refractivity contribution in [1.82, 2.24) is 14.8 Å². The van der Waals surface area contributed by atoms with Gasteiger partial charge in [-0.3, -0.25) is 0 Å². The SMILES string of the molecule is Cc1nnc(-c2ccc(N)c(Cl)c2)n1C1CC1. The van der Waals surface area contributed by atoms with Gasteiger partial charge in [0.2, 0.25) is 0 Å². The maximum absolute atomic E-state index is 6.04. The van der Waals surface area contributed by atoms with Crippen molar-refractivity contribution in [1.29, 1.82) is 0 Å². The highest BCUT2D eigenvalue weighted by molar-refractivity contribution is 6.33. The molecular weight excluding hydrogens is 236 g/mol. The van der Waals surface area contributed by atoms with E-state index >= 15 is 0 Å². The van der Waals surface area contributed by atoms with Crippen LogP contribution < -0.4 is 5.73 Å². The highest BCUT2D eigenvalue weighted by Gasteiger charge is 2.28. The fraction of sp³-hybridized carbons (Fsp3) is 0.333. The molecular formula is C12H13ClN4. The molecule has 0 amide bonds. The molecule has 1 aromatic carbocycles. The average Bonchev–Trinajstić information content (AvgIpc) is 3.06. The quantitative estimate of drug-likeness (QED) is 0.832. The summed E-state index contributed by atoms with van der Waals surface area (Å²) in [5.74, 6) is 1.84. The molecule has 4 nitrogen and oxygen atoms in total. The first-order chi connectivity index (χ1) is 8.16. The Morgan fingerprint density at radius 2 is 2.12 bits per heavy atom. The van der Waals surface area contributed by atoms with Gasteiger partial charge in [-0.25, -0.2) is 0 Å². The molecule has 0 unspecified atom stereocenters. The molecule has 1 aliphatic rings. The molecule has 2 N–H and O–H groups in total. The highest BCUT2D eigenvalue weighted by atomic mass is 35.5. The molecule has 1 saturated carbocycles. The van der Waals surface area contributed by atoms with Crippen LogP contribution in [0.3, 0.4) is 0 Å². The smallest absolute Gasteiger partial charge is 0.164 e. The van der Waals surface area contributed by atoms with E-state index < -0.39 is 0 Å². The summed E-state index contributed by atoms with van der Waals surface area (Å²) in [5.41, 5.74) is 7.26. The van der Waals surface area contributed by atoms with E-state index in [2.05, 4.69) is 14.8 Å². The van der Waals surface area contributed by atoms with Crippen LogP contribution in [0, 0.1) is 6.92 Å². The van der Waals surface area contributed by atoms with Gasteiger partial charge < -0.3 is 10.3 Å². The summed E-state index contributed by atoms with van der Waals surface area (Å²) in [6.45, 7) is 1.98. The molecule has 0 radical (unpaired) electrons. The maximum Gasteiger partial charge on any atom is 0.164 e. The van der Waals surface area contributed by atoms with Gasteiger partial charge in [-0.2, -0.15) is 0 Å². The van der Waals surface area contributed by atoms with Gasteiger partial charge in [-0.15, -0.1) is 10.2 Å². The number of benzene rings is 1. The number of aromatic nitrogens is 3. The zero-order chi connectivity index (χ0) is 12.0. The molecule has 0 aliphatic heterocycles. The number of aryl methyl sites for hydroxylation is 1. The predicted octanol–water partition coefficient (Wildman–Crippen LogP) is 2.82. The predicted molar refractivity (Wildman–Crippen MR) is 67.9 cm³/mol. The lowest BCUT2D eigenvalue weighted by Gasteiger charge is -2.07. The molecule has 2 aromatic rings. The molecule has 5 heteroatoms. The van der Waals surface area contributed by atoms with E-state index in [4.69, 9.17) is 17.3 Å². The van der Waals surface area contributed by atoms with Crippen molar-refractivity contribution >= 4 is 17.3 Å². The van der Waals surface area contributed by atoms with Crippen LogP contribution in [-0.2, 0) is 0 Å². The molecule has 0 spiro atoms. The topological polar surface area (TPSA) is 56.7 Å². The van der Waals surface area contributed by atoms with Gasteiger partial charge in [-0.05, 0) is 38.0 Å². The summed E-state index contributed by atoms with van der Waals surface area (Å²) in [7, 11) is 0.